The molecule has 0 aromatic carbocycles. The summed E-state index contributed by atoms with van der Waals surface area (Å²) in [5.74, 6) is -0.0458. The Hall–Kier alpha value is -0.570. The van der Waals surface area contributed by atoms with Crippen molar-refractivity contribution in [1.82, 2.24) is 5.32 Å². The van der Waals surface area contributed by atoms with Crippen LogP contribution in [0.3, 0.4) is 0 Å². The van der Waals surface area contributed by atoms with Gasteiger partial charge < -0.3 is 10.1 Å². The largest absolute Gasteiger partial charge is 0.464 e. The summed E-state index contributed by atoms with van der Waals surface area (Å²) in [7, 11) is 0. The van der Waals surface area contributed by atoms with E-state index in [-0.39, 0.29) is 5.97 Å². The van der Waals surface area contributed by atoms with Gasteiger partial charge in [0.1, 0.15) is 6.61 Å². The molecular formula is C10H19NO2. The van der Waals surface area contributed by atoms with Crippen LogP contribution in [0.1, 0.15) is 39.0 Å². The first kappa shape index (κ1) is 10.5. The second-order valence-corrected chi connectivity index (χ2v) is 3.58. The van der Waals surface area contributed by atoms with Gasteiger partial charge in [0.25, 0.3) is 0 Å². The first-order valence-electron chi connectivity index (χ1n) is 5.22. The van der Waals surface area contributed by atoms with Gasteiger partial charge in [-0.25, -0.2) is 0 Å². The molecule has 0 radical (unpaired) electrons. The van der Waals surface area contributed by atoms with E-state index in [0.29, 0.717) is 19.1 Å². The Kier molecular flexibility index (Phi) is 4.83. The van der Waals surface area contributed by atoms with Gasteiger partial charge in [0.15, 0.2) is 0 Å². The van der Waals surface area contributed by atoms with Gasteiger partial charge in [-0.2, -0.15) is 0 Å². The van der Waals surface area contributed by atoms with Crippen LogP contribution in [0.4, 0.5) is 0 Å². The van der Waals surface area contributed by atoms with Crippen LogP contribution >= 0.6 is 0 Å². The molecule has 0 aliphatic carbocycles. The summed E-state index contributed by atoms with van der Waals surface area (Å²) in [5, 5.41) is 3.29. The highest BCUT2D eigenvalue weighted by molar-refractivity contribution is 5.69. The first-order chi connectivity index (χ1) is 6.33. The van der Waals surface area contributed by atoms with Gasteiger partial charge in [0, 0.05) is 12.5 Å². The molecule has 1 aliphatic rings. The number of carbonyl (C=O) groups is 1. The molecule has 76 valence electrons. The minimum atomic E-state index is -0.0458. The van der Waals surface area contributed by atoms with Crippen LogP contribution in [0, 0.1) is 0 Å². The Morgan fingerprint density at radius 3 is 3.08 bits per heavy atom. The van der Waals surface area contributed by atoms with E-state index in [0.717, 1.165) is 25.8 Å². The lowest BCUT2D eigenvalue weighted by Gasteiger charge is -2.10. The van der Waals surface area contributed by atoms with E-state index in [9.17, 15) is 4.79 Å². The second-order valence-electron chi connectivity index (χ2n) is 3.58. The smallest absolute Gasteiger partial charge is 0.305 e. The zero-order valence-corrected chi connectivity index (χ0v) is 8.34. The van der Waals surface area contributed by atoms with Gasteiger partial charge in [-0.05, 0) is 25.8 Å². The molecule has 1 aliphatic heterocycles. The summed E-state index contributed by atoms with van der Waals surface area (Å²) in [4.78, 5) is 11.1. The molecule has 3 heteroatoms. The summed E-state index contributed by atoms with van der Waals surface area (Å²) in [6.07, 6.45) is 4.91. The Morgan fingerprint density at radius 1 is 1.62 bits per heavy atom. The number of esters is 1. The van der Waals surface area contributed by atoms with Gasteiger partial charge in [0.05, 0.1) is 0 Å². The van der Waals surface area contributed by atoms with Crippen molar-refractivity contribution in [2.45, 2.75) is 45.1 Å². The van der Waals surface area contributed by atoms with Crippen LogP contribution < -0.4 is 5.32 Å². The van der Waals surface area contributed by atoms with Crippen molar-refractivity contribution in [2.24, 2.45) is 0 Å². The van der Waals surface area contributed by atoms with Gasteiger partial charge in [-0.3, -0.25) is 4.79 Å². The Balaban J connectivity index is 2.00. The topological polar surface area (TPSA) is 38.3 Å². The maximum absolute atomic E-state index is 11.1. The number of unbranched alkanes of at least 4 members (excludes halogenated alkanes) is 1. The molecule has 13 heavy (non-hydrogen) atoms. The summed E-state index contributed by atoms with van der Waals surface area (Å²) < 4.78 is 5.13. The number of hydrogen-bond donors (Lipinski definition) is 1. The zero-order chi connectivity index (χ0) is 9.52. The number of ether oxygens (including phenoxy) is 1. The molecule has 0 saturated carbocycles. The van der Waals surface area contributed by atoms with E-state index in [1.165, 1.54) is 6.42 Å². The van der Waals surface area contributed by atoms with Crippen LogP contribution in [-0.2, 0) is 9.53 Å². The highest BCUT2D eigenvalue weighted by Crippen LogP contribution is 2.06. The van der Waals surface area contributed by atoms with Gasteiger partial charge >= 0.3 is 5.97 Å². The predicted octanol–water partition coefficient (Wildman–Crippen LogP) is 1.47. The van der Waals surface area contributed by atoms with Gasteiger partial charge in [0.2, 0.25) is 0 Å². The average molecular weight is 185 g/mol. The van der Waals surface area contributed by atoms with Crippen LogP contribution in [0.5, 0.6) is 0 Å². The molecule has 1 saturated heterocycles. The molecule has 1 N–H and O–H groups in total. The lowest BCUT2D eigenvalue weighted by molar-refractivity contribution is -0.144. The molecule has 0 amide bonds. The molecule has 3 nitrogen and oxygen atoms in total. The molecule has 1 rings (SSSR count). The Bertz CT molecular complexity index is 153. The van der Waals surface area contributed by atoms with Gasteiger partial charge in [-0.1, -0.05) is 13.3 Å². The third kappa shape index (κ3) is 4.27. The van der Waals surface area contributed by atoms with E-state index in [2.05, 4.69) is 12.2 Å². The number of carbonyl (C=O) groups excluding carboxylic acids is 1. The summed E-state index contributed by atoms with van der Waals surface area (Å²) in [5.41, 5.74) is 0. The Morgan fingerprint density at radius 2 is 2.46 bits per heavy atom. The van der Waals surface area contributed by atoms with Crippen LogP contribution in [-0.4, -0.2) is 25.2 Å². The van der Waals surface area contributed by atoms with Crippen molar-refractivity contribution in [2.75, 3.05) is 13.2 Å². The SMILES string of the molecule is CCCCC(=O)OCC1CCCN1. The summed E-state index contributed by atoms with van der Waals surface area (Å²) in [6, 6.07) is 0.408. The normalized spacial score (nSPS) is 21.8. The molecule has 0 aromatic rings. The van der Waals surface area contributed by atoms with Gasteiger partial charge in [-0.15, -0.1) is 0 Å². The predicted molar refractivity (Wildman–Crippen MR) is 51.5 cm³/mol. The van der Waals surface area contributed by atoms with E-state index in [4.69, 9.17) is 4.74 Å². The quantitative estimate of drug-likeness (QED) is 0.659. The van der Waals surface area contributed by atoms with Crippen molar-refractivity contribution in [1.29, 1.82) is 0 Å². The fourth-order valence-electron chi connectivity index (χ4n) is 1.49. The summed E-state index contributed by atoms with van der Waals surface area (Å²) in [6.45, 7) is 3.70. The fourth-order valence-corrected chi connectivity index (χ4v) is 1.49. The standard InChI is InChI=1S/C10H19NO2/c1-2-3-6-10(12)13-8-9-5-4-7-11-9/h9,11H,2-8H2,1H3. The molecule has 1 heterocycles. The minimum absolute atomic E-state index is 0.0458. The first-order valence-corrected chi connectivity index (χ1v) is 5.22. The number of rotatable bonds is 5. The molecular weight excluding hydrogens is 166 g/mol. The molecule has 1 fully saturated rings. The van der Waals surface area contributed by atoms with Crippen molar-refractivity contribution < 1.29 is 9.53 Å². The van der Waals surface area contributed by atoms with E-state index >= 15 is 0 Å². The molecule has 1 unspecified atom stereocenters. The fraction of sp³-hybridized carbons (Fsp3) is 0.900. The third-order valence-electron chi connectivity index (χ3n) is 2.34. The Labute approximate surface area is 79.8 Å². The molecule has 1 atom stereocenters. The minimum Gasteiger partial charge on any atom is -0.464 e. The highest BCUT2D eigenvalue weighted by Gasteiger charge is 2.15. The van der Waals surface area contributed by atoms with Crippen molar-refractivity contribution in [3.63, 3.8) is 0 Å². The van der Waals surface area contributed by atoms with Crippen LogP contribution in [0.2, 0.25) is 0 Å². The maximum atomic E-state index is 11.1. The summed E-state index contributed by atoms with van der Waals surface area (Å²) >= 11 is 0. The highest BCUT2D eigenvalue weighted by atomic mass is 16.5. The third-order valence-corrected chi connectivity index (χ3v) is 2.34. The number of hydrogen-bond acceptors (Lipinski definition) is 3. The lowest BCUT2D eigenvalue weighted by atomic mass is 10.2. The van der Waals surface area contributed by atoms with Crippen molar-refractivity contribution in [3.05, 3.63) is 0 Å². The number of nitrogens with one attached hydrogen (secondary N) is 1. The lowest BCUT2D eigenvalue weighted by Crippen LogP contribution is -2.28. The maximum Gasteiger partial charge on any atom is 0.305 e. The molecule has 0 spiro atoms. The van der Waals surface area contributed by atoms with E-state index in [1.807, 2.05) is 0 Å². The van der Waals surface area contributed by atoms with Crippen molar-refractivity contribution in [3.8, 4) is 0 Å². The zero-order valence-electron chi connectivity index (χ0n) is 8.34. The molecule has 0 aromatic heterocycles. The second kappa shape index (κ2) is 5.97. The molecule has 0 bridgehead atoms. The van der Waals surface area contributed by atoms with E-state index < -0.39 is 0 Å². The van der Waals surface area contributed by atoms with Crippen LogP contribution in [0.25, 0.3) is 0 Å². The van der Waals surface area contributed by atoms with Crippen molar-refractivity contribution >= 4 is 5.97 Å². The average Bonchev–Trinajstić information content (AvgIpc) is 2.64. The van der Waals surface area contributed by atoms with E-state index in [1.54, 1.807) is 0 Å². The van der Waals surface area contributed by atoms with Crippen LogP contribution in [0.15, 0.2) is 0 Å². The monoisotopic (exact) mass is 185 g/mol.